The number of pyridine rings is 1. The minimum atomic E-state index is -0.0182. The van der Waals surface area contributed by atoms with Crippen LogP contribution in [-0.2, 0) is 15.3 Å². The van der Waals surface area contributed by atoms with Gasteiger partial charge in [-0.15, -0.1) is 11.8 Å². The van der Waals surface area contributed by atoms with Crippen LogP contribution in [0.15, 0.2) is 48.8 Å². The average molecular weight is 358 g/mol. The lowest BCUT2D eigenvalue weighted by molar-refractivity contribution is -0.113. The van der Waals surface area contributed by atoms with Gasteiger partial charge in [0.2, 0.25) is 5.91 Å². The second-order valence-corrected chi connectivity index (χ2v) is 6.86. The highest BCUT2D eigenvalue weighted by molar-refractivity contribution is 7.99. The van der Waals surface area contributed by atoms with Crippen molar-refractivity contribution in [2.24, 2.45) is 0 Å². The maximum Gasteiger partial charge on any atom is 0.234 e. The molecular formula is C19H22N2O3S. The molecular weight excluding hydrogens is 336 g/mol. The topological polar surface area (TPSA) is 60.5 Å². The molecule has 3 rings (SSSR count). The molecule has 0 saturated carbocycles. The van der Waals surface area contributed by atoms with Crippen molar-refractivity contribution in [1.29, 1.82) is 0 Å². The highest BCUT2D eigenvalue weighted by atomic mass is 32.2. The normalized spacial score (nSPS) is 16.6. The first-order valence-corrected chi connectivity index (χ1v) is 9.56. The van der Waals surface area contributed by atoms with Crippen LogP contribution in [0.5, 0.6) is 5.75 Å². The smallest absolute Gasteiger partial charge is 0.234 e. The first kappa shape index (κ1) is 17.8. The standard InChI is InChI=1S/C19H22N2O3S/c22-19(14-25-13-15-6-8-20-9-7-15)21-16-3-1-4-17(11-16)24-12-18-5-2-10-23-18/h1,3-4,6-9,11,18H,2,5,10,12-14H2,(H,21,22). The van der Waals surface area contributed by atoms with Gasteiger partial charge in [-0.1, -0.05) is 6.07 Å². The zero-order valence-corrected chi connectivity index (χ0v) is 14.8. The highest BCUT2D eigenvalue weighted by Crippen LogP contribution is 2.20. The van der Waals surface area contributed by atoms with Crippen molar-refractivity contribution >= 4 is 23.4 Å². The van der Waals surface area contributed by atoms with Crippen LogP contribution in [0.4, 0.5) is 5.69 Å². The molecule has 132 valence electrons. The van der Waals surface area contributed by atoms with E-state index in [0.717, 1.165) is 42.2 Å². The lowest BCUT2D eigenvalue weighted by atomic mass is 10.2. The van der Waals surface area contributed by atoms with Crippen molar-refractivity contribution in [1.82, 2.24) is 4.98 Å². The van der Waals surface area contributed by atoms with E-state index >= 15 is 0 Å². The van der Waals surface area contributed by atoms with E-state index in [2.05, 4.69) is 10.3 Å². The summed E-state index contributed by atoms with van der Waals surface area (Å²) < 4.78 is 11.3. The maximum absolute atomic E-state index is 12.1. The Kier molecular flexibility index (Phi) is 6.71. The number of ether oxygens (including phenoxy) is 2. The SMILES string of the molecule is O=C(CSCc1ccncc1)Nc1cccc(OCC2CCCO2)c1. The zero-order valence-electron chi connectivity index (χ0n) is 14.0. The van der Waals surface area contributed by atoms with Crippen LogP contribution >= 0.6 is 11.8 Å². The monoisotopic (exact) mass is 358 g/mol. The predicted molar refractivity (Wildman–Crippen MR) is 99.9 cm³/mol. The zero-order chi connectivity index (χ0) is 17.3. The lowest BCUT2D eigenvalue weighted by Crippen LogP contribution is -2.17. The third-order valence-electron chi connectivity index (χ3n) is 3.83. The highest BCUT2D eigenvalue weighted by Gasteiger charge is 2.16. The van der Waals surface area contributed by atoms with E-state index in [-0.39, 0.29) is 12.0 Å². The number of hydrogen-bond acceptors (Lipinski definition) is 5. The summed E-state index contributed by atoms with van der Waals surface area (Å²) in [5.41, 5.74) is 1.91. The first-order valence-electron chi connectivity index (χ1n) is 8.40. The molecule has 0 bridgehead atoms. The summed E-state index contributed by atoms with van der Waals surface area (Å²) in [6.07, 6.45) is 5.85. The summed E-state index contributed by atoms with van der Waals surface area (Å²) in [7, 11) is 0. The fourth-order valence-corrected chi connectivity index (χ4v) is 3.35. The van der Waals surface area contributed by atoms with Crippen LogP contribution in [0.3, 0.4) is 0 Å². The van der Waals surface area contributed by atoms with Crippen molar-refractivity contribution in [3.63, 3.8) is 0 Å². The van der Waals surface area contributed by atoms with E-state index in [1.54, 1.807) is 24.2 Å². The van der Waals surface area contributed by atoms with Crippen molar-refractivity contribution in [3.8, 4) is 5.75 Å². The summed E-state index contributed by atoms with van der Waals surface area (Å²) in [4.78, 5) is 16.1. The van der Waals surface area contributed by atoms with Gasteiger partial charge in [0.1, 0.15) is 12.4 Å². The number of aromatic nitrogens is 1. The molecule has 1 aliphatic rings. The molecule has 1 unspecified atom stereocenters. The van der Waals surface area contributed by atoms with E-state index < -0.39 is 0 Å². The van der Waals surface area contributed by atoms with Crippen molar-refractivity contribution in [2.45, 2.75) is 24.7 Å². The Bertz CT molecular complexity index is 675. The molecule has 1 amide bonds. The lowest BCUT2D eigenvalue weighted by Gasteiger charge is -2.12. The molecule has 5 nitrogen and oxygen atoms in total. The number of hydrogen-bond donors (Lipinski definition) is 1. The predicted octanol–water partition coefficient (Wildman–Crippen LogP) is 3.51. The molecule has 0 aliphatic carbocycles. The number of nitrogens with one attached hydrogen (secondary N) is 1. The molecule has 2 aromatic rings. The molecule has 1 saturated heterocycles. The summed E-state index contributed by atoms with van der Waals surface area (Å²) in [6, 6.07) is 11.4. The van der Waals surface area contributed by atoms with Crippen molar-refractivity contribution < 1.29 is 14.3 Å². The quantitative estimate of drug-likeness (QED) is 0.782. The Balaban J connectivity index is 1.42. The Hall–Kier alpha value is -2.05. The van der Waals surface area contributed by atoms with Gasteiger partial charge in [-0.25, -0.2) is 0 Å². The summed E-state index contributed by atoms with van der Waals surface area (Å²) in [5, 5.41) is 2.91. The summed E-state index contributed by atoms with van der Waals surface area (Å²) in [6.45, 7) is 1.38. The number of amides is 1. The largest absolute Gasteiger partial charge is 0.491 e. The minimum absolute atomic E-state index is 0.0182. The Morgan fingerprint density at radius 3 is 3.00 bits per heavy atom. The molecule has 2 heterocycles. The number of carbonyl (C=O) groups is 1. The summed E-state index contributed by atoms with van der Waals surface area (Å²) in [5.74, 6) is 1.93. The van der Waals surface area contributed by atoms with Crippen LogP contribution < -0.4 is 10.1 Å². The summed E-state index contributed by atoms with van der Waals surface area (Å²) >= 11 is 1.58. The Labute approximate surface area is 152 Å². The molecule has 1 aliphatic heterocycles. The van der Waals surface area contributed by atoms with Crippen molar-refractivity contribution in [2.75, 3.05) is 24.3 Å². The Morgan fingerprint density at radius 2 is 2.20 bits per heavy atom. The van der Waals surface area contributed by atoms with Crippen LogP contribution in [-0.4, -0.2) is 36.0 Å². The average Bonchev–Trinajstić information content (AvgIpc) is 3.15. The molecule has 25 heavy (non-hydrogen) atoms. The van der Waals surface area contributed by atoms with Gasteiger partial charge in [0, 0.05) is 36.5 Å². The second kappa shape index (κ2) is 9.44. The third kappa shape index (κ3) is 6.07. The van der Waals surface area contributed by atoms with Crippen LogP contribution in [0.2, 0.25) is 0 Å². The minimum Gasteiger partial charge on any atom is -0.491 e. The molecule has 6 heteroatoms. The van der Waals surface area contributed by atoms with Gasteiger partial charge in [0.25, 0.3) is 0 Å². The van der Waals surface area contributed by atoms with Crippen LogP contribution in [0.25, 0.3) is 0 Å². The fraction of sp³-hybridized carbons (Fsp3) is 0.368. The van der Waals surface area contributed by atoms with Gasteiger partial charge in [-0.05, 0) is 42.7 Å². The van der Waals surface area contributed by atoms with Crippen LogP contribution in [0, 0.1) is 0 Å². The molecule has 0 radical (unpaired) electrons. The van der Waals surface area contributed by atoms with Gasteiger partial charge in [0.15, 0.2) is 0 Å². The fourth-order valence-electron chi connectivity index (χ4n) is 2.57. The molecule has 1 fully saturated rings. The Morgan fingerprint density at radius 1 is 1.32 bits per heavy atom. The van der Waals surface area contributed by atoms with Gasteiger partial charge < -0.3 is 14.8 Å². The van der Waals surface area contributed by atoms with E-state index in [9.17, 15) is 4.79 Å². The van der Waals surface area contributed by atoms with E-state index in [1.807, 2.05) is 36.4 Å². The van der Waals surface area contributed by atoms with E-state index in [1.165, 1.54) is 0 Å². The third-order valence-corrected chi connectivity index (χ3v) is 4.83. The molecule has 1 N–H and O–H groups in total. The van der Waals surface area contributed by atoms with Gasteiger partial charge in [-0.2, -0.15) is 0 Å². The number of anilines is 1. The van der Waals surface area contributed by atoms with Gasteiger partial charge in [0.05, 0.1) is 11.9 Å². The number of carbonyl (C=O) groups excluding carboxylic acids is 1. The molecule has 1 aromatic carbocycles. The van der Waals surface area contributed by atoms with E-state index in [0.29, 0.717) is 12.4 Å². The number of thioether (sulfide) groups is 1. The molecule has 1 aromatic heterocycles. The maximum atomic E-state index is 12.1. The molecule has 0 spiro atoms. The van der Waals surface area contributed by atoms with E-state index in [4.69, 9.17) is 9.47 Å². The number of rotatable bonds is 8. The molecule has 1 atom stereocenters. The van der Waals surface area contributed by atoms with Gasteiger partial charge in [-0.3, -0.25) is 9.78 Å². The second-order valence-electron chi connectivity index (χ2n) is 5.87. The van der Waals surface area contributed by atoms with Crippen LogP contribution in [0.1, 0.15) is 18.4 Å². The number of nitrogens with zero attached hydrogens (tertiary/aromatic N) is 1. The van der Waals surface area contributed by atoms with Crippen molar-refractivity contribution in [3.05, 3.63) is 54.4 Å². The van der Waals surface area contributed by atoms with Gasteiger partial charge >= 0.3 is 0 Å². The first-order chi connectivity index (χ1) is 12.3. The number of benzene rings is 1.